The zero-order valence-electron chi connectivity index (χ0n) is 19.3. The lowest BCUT2D eigenvalue weighted by atomic mass is 10.00. The topological polar surface area (TPSA) is 86.0 Å². The van der Waals surface area contributed by atoms with E-state index < -0.39 is 11.6 Å². The van der Waals surface area contributed by atoms with E-state index in [1.807, 2.05) is 42.6 Å². The molecule has 1 aliphatic carbocycles. The average Bonchev–Trinajstić information content (AvgIpc) is 3.01. The van der Waals surface area contributed by atoms with Crippen LogP contribution in [0.3, 0.4) is 0 Å². The Kier molecular flexibility index (Phi) is 6.90. The SMILES string of the molecule is CC1(C)C(=O)N(C2C=C(Cl)C(C#N)=CC2)C(=O)N1CCCOc1ccc(C2=CC=NCC2)cc1. The molecule has 7 nitrogen and oxygen atoms in total. The number of urea groups is 1. The number of dihydropyridines is 1. The summed E-state index contributed by atoms with van der Waals surface area (Å²) in [6, 6.07) is 9.15. The van der Waals surface area contributed by atoms with Crippen molar-refractivity contribution in [2.75, 3.05) is 19.7 Å². The molecule has 1 atom stereocenters. The Labute approximate surface area is 204 Å². The normalized spacial score (nSPS) is 21.7. The summed E-state index contributed by atoms with van der Waals surface area (Å²) in [6.45, 7) is 5.13. The molecule has 3 amide bonds. The maximum absolute atomic E-state index is 13.2. The van der Waals surface area contributed by atoms with Gasteiger partial charge in [0.2, 0.25) is 0 Å². The maximum Gasteiger partial charge on any atom is 0.328 e. The molecule has 1 aromatic rings. The molecule has 1 unspecified atom stereocenters. The first-order valence-corrected chi connectivity index (χ1v) is 11.8. The second-order valence-corrected chi connectivity index (χ2v) is 9.35. The number of allylic oxidation sites excluding steroid dienone is 3. The van der Waals surface area contributed by atoms with Gasteiger partial charge in [-0.05, 0) is 68.5 Å². The largest absolute Gasteiger partial charge is 0.494 e. The molecule has 4 rings (SSSR count). The molecule has 2 heterocycles. The van der Waals surface area contributed by atoms with E-state index in [1.54, 1.807) is 30.9 Å². The molecule has 8 heteroatoms. The lowest BCUT2D eigenvalue weighted by molar-refractivity contribution is -0.132. The predicted molar refractivity (Wildman–Crippen MR) is 132 cm³/mol. The van der Waals surface area contributed by atoms with Crippen LogP contribution < -0.4 is 4.74 Å². The van der Waals surface area contributed by atoms with Crippen LogP contribution in [0.15, 0.2) is 58.1 Å². The number of rotatable bonds is 7. The highest BCUT2D eigenvalue weighted by molar-refractivity contribution is 6.32. The van der Waals surface area contributed by atoms with E-state index in [4.69, 9.17) is 21.6 Å². The third-order valence-corrected chi connectivity index (χ3v) is 6.71. The second-order valence-electron chi connectivity index (χ2n) is 8.94. The minimum Gasteiger partial charge on any atom is -0.494 e. The van der Waals surface area contributed by atoms with Crippen LogP contribution in [0.5, 0.6) is 5.75 Å². The number of aliphatic imine (C=N–C) groups is 1. The first-order chi connectivity index (χ1) is 16.3. The molecular weight excluding hydrogens is 452 g/mol. The minimum atomic E-state index is -0.963. The van der Waals surface area contributed by atoms with Crippen LogP contribution in [0.25, 0.3) is 5.57 Å². The Bertz CT molecular complexity index is 1140. The number of amides is 3. The zero-order valence-corrected chi connectivity index (χ0v) is 20.1. The molecule has 0 radical (unpaired) electrons. The van der Waals surface area contributed by atoms with E-state index in [1.165, 1.54) is 10.5 Å². The van der Waals surface area contributed by atoms with Crippen molar-refractivity contribution in [1.29, 1.82) is 5.26 Å². The van der Waals surface area contributed by atoms with Gasteiger partial charge in [0.15, 0.2) is 0 Å². The zero-order chi connectivity index (χ0) is 24.3. The Balaban J connectivity index is 1.33. The molecule has 0 N–H and O–H groups in total. The van der Waals surface area contributed by atoms with E-state index in [2.05, 4.69) is 4.99 Å². The number of nitrogens with zero attached hydrogens (tertiary/aromatic N) is 4. The Morgan fingerprint density at radius 1 is 1.26 bits per heavy atom. The van der Waals surface area contributed by atoms with Gasteiger partial charge in [0.1, 0.15) is 17.4 Å². The van der Waals surface area contributed by atoms with E-state index >= 15 is 0 Å². The van der Waals surface area contributed by atoms with Crippen molar-refractivity contribution < 1.29 is 14.3 Å². The van der Waals surface area contributed by atoms with Crippen LogP contribution in [-0.2, 0) is 4.79 Å². The molecule has 34 heavy (non-hydrogen) atoms. The standard InChI is InChI=1S/C26H27ClN4O3/c1-26(2)24(32)31(21-7-4-20(17-28)23(27)16-21)25(33)30(26)14-3-15-34-22-8-5-18(6-9-22)19-10-12-29-13-11-19/h4-6,8-10,12,16,21H,3,7,11,13-15H2,1-2H3. The first-order valence-electron chi connectivity index (χ1n) is 11.4. The van der Waals surface area contributed by atoms with Gasteiger partial charge in [-0.2, -0.15) is 5.26 Å². The quantitative estimate of drug-likeness (QED) is 0.420. The molecule has 1 fully saturated rings. The number of benzene rings is 1. The maximum atomic E-state index is 13.2. The third-order valence-electron chi connectivity index (χ3n) is 6.38. The van der Waals surface area contributed by atoms with Gasteiger partial charge >= 0.3 is 6.03 Å². The van der Waals surface area contributed by atoms with E-state index in [9.17, 15) is 9.59 Å². The Morgan fingerprint density at radius 2 is 2.03 bits per heavy atom. The molecule has 0 aromatic heterocycles. The van der Waals surface area contributed by atoms with Crippen molar-refractivity contribution in [3.63, 3.8) is 0 Å². The molecule has 0 bridgehead atoms. The number of nitriles is 1. The number of hydrogen-bond acceptors (Lipinski definition) is 5. The Hall–Kier alpha value is -3.37. The fraction of sp³-hybridized carbons (Fsp3) is 0.385. The van der Waals surface area contributed by atoms with Gasteiger partial charge in [-0.25, -0.2) is 4.79 Å². The van der Waals surface area contributed by atoms with Crippen LogP contribution in [0, 0.1) is 11.3 Å². The Morgan fingerprint density at radius 3 is 2.68 bits per heavy atom. The van der Waals surface area contributed by atoms with Gasteiger partial charge < -0.3 is 9.64 Å². The smallest absolute Gasteiger partial charge is 0.328 e. The molecule has 1 saturated heterocycles. The fourth-order valence-electron chi connectivity index (χ4n) is 4.38. The van der Waals surface area contributed by atoms with Crippen LogP contribution in [0.4, 0.5) is 4.79 Å². The van der Waals surface area contributed by atoms with E-state index in [0.717, 1.165) is 24.3 Å². The van der Waals surface area contributed by atoms with Crippen molar-refractivity contribution in [2.24, 2.45) is 4.99 Å². The summed E-state index contributed by atoms with van der Waals surface area (Å²) in [5.74, 6) is 0.496. The van der Waals surface area contributed by atoms with Gasteiger partial charge in [-0.3, -0.25) is 14.7 Å². The summed E-state index contributed by atoms with van der Waals surface area (Å²) in [7, 11) is 0. The third kappa shape index (κ3) is 4.64. The molecule has 2 aliphatic heterocycles. The predicted octanol–water partition coefficient (Wildman–Crippen LogP) is 4.70. The summed E-state index contributed by atoms with van der Waals surface area (Å²) in [5, 5.41) is 9.37. The summed E-state index contributed by atoms with van der Waals surface area (Å²) in [5.41, 5.74) is 1.83. The van der Waals surface area contributed by atoms with E-state index in [-0.39, 0.29) is 17.0 Å². The second kappa shape index (κ2) is 9.86. The lowest BCUT2D eigenvalue weighted by Gasteiger charge is -2.27. The van der Waals surface area contributed by atoms with Gasteiger partial charge in [0, 0.05) is 19.3 Å². The fourth-order valence-corrected chi connectivity index (χ4v) is 4.64. The molecule has 1 aromatic carbocycles. The summed E-state index contributed by atoms with van der Waals surface area (Å²) in [6.07, 6.45) is 9.05. The number of carbonyl (C=O) groups is 2. The number of halogens is 1. The van der Waals surface area contributed by atoms with Crippen LogP contribution >= 0.6 is 11.6 Å². The van der Waals surface area contributed by atoms with Gasteiger partial charge in [0.25, 0.3) is 5.91 Å². The van der Waals surface area contributed by atoms with Crippen molar-refractivity contribution >= 4 is 35.3 Å². The molecule has 176 valence electrons. The highest BCUT2D eigenvalue weighted by atomic mass is 35.5. The van der Waals surface area contributed by atoms with Gasteiger partial charge in [-0.15, -0.1) is 0 Å². The highest BCUT2D eigenvalue weighted by Crippen LogP contribution is 2.33. The summed E-state index contributed by atoms with van der Waals surface area (Å²) in [4.78, 5) is 33.3. The molecule has 3 aliphatic rings. The molecule has 0 spiro atoms. The lowest BCUT2D eigenvalue weighted by Crippen LogP contribution is -2.45. The van der Waals surface area contributed by atoms with Crippen molar-refractivity contribution in [1.82, 2.24) is 9.80 Å². The number of carbonyl (C=O) groups excluding carboxylic acids is 2. The number of hydrogen-bond donors (Lipinski definition) is 0. The molecule has 0 saturated carbocycles. The summed E-state index contributed by atoms with van der Waals surface area (Å²) < 4.78 is 5.87. The number of ether oxygens (including phenoxy) is 1. The average molecular weight is 479 g/mol. The molecular formula is C26H27ClN4O3. The van der Waals surface area contributed by atoms with Gasteiger partial charge in [0.05, 0.1) is 23.3 Å². The summed E-state index contributed by atoms with van der Waals surface area (Å²) >= 11 is 6.16. The van der Waals surface area contributed by atoms with E-state index in [0.29, 0.717) is 31.6 Å². The van der Waals surface area contributed by atoms with Crippen LogP contribution in [0.2, 0.25) is 0 Å². The van der Waals surface area contributed by atoms with Gasteiger partial charge in [-0.1, -0.05) is 29.8 Å². The first kappa shape index (κ1) is 23.8. The minimum absolute atomic E-state index is 0.267. The van der Waals surface area contributed by atoms with Crippen molar-refractivity contribution in [2.45, 2.75) is 44.7 Å². The monoisotopic (exact) mass is 478 g/mol. The van der Waals surface area contributed by atoms with Crippen molar-refractivity contribution in [3.8, 4) is 11.8 Å². The van der Waals surface area contributed by atoms with Crippen LogP contribution in [-0.4, -0.2) is 59.2 Å². The van der Waals surface area contributed by atoms with Crippen LogP contribution in [0.1, 0.15) is 38.7 Å². The highest BCUT2D eigenvalue weighted by Gasteiger charge is 2.52. The number of imide groups is 1. The van der Waals surface area contributed by atoms with Crippen molar-refractivity contribution in [3.05, 3.63) is 58.7 Å².